The molecule has 4 nitrogen and oxygen atoms in total. The molecule has 120 valence electrons. The third-order valence-electron chi connectivity index (χ3n) is 3.60. The summed E-state index contributed by atoms with van der Waals surface area (Å²) in [5.74, 6) is -0.254. The van der Waals surface area contributed by atoms with Gasteiger partial charge in [0.1, 0.15) is 5.82 Å². The van der Waals surface area contributed by atoms with Crippen LogP contribution in [0.3, 0.4) is 0 Å². The molecule has 0 spiro atoms. The van der Waals surface area contributed by atoms with E-state index in [1.54, 1.807) is 26.0 Å². The van der Waals surface area contributed by atoms with Crippen LogP contribution in [0, 0.1) is 19.7 Å². The summed E-state index contributed by atoms with van der Waals surface area (Å²) in [5, 5.41) is 14.5. The van der Waals surface area contributed by atoms with Crippen LogP contribution in [0.4, 0.5) is 4.39 Å². The summed E-state index contributed by atoms with van der Waals surface area (Å²) in [4.78, 5) is 2.08. The van der Waals surface area contributed by atoms with Crippen molar-refractivity contribution in [2.45, 2.75) is 39.8 Å². The van der Waals surface area contributed by atoms with Crippen LogP contribution in [-0.2, 0) is 6.54 Å². The number of aryl methyl sites for hydroxylation is 1. The Morgan fingerprint density at radius 1 is 1.23 bits per heavy atom. The Bertz CT molecular complexity index is 641. The first-order chi connectivity index (χ1) is 10.2. The van der Waals surface area contributed by atoms with Gasteiger partial charge in [-0.3, -0.25) is 4.90 Å². The minimum absolute atomic E-state index is 0.254. The monoisotopic (exact) mass is 305 g/mol. The van der Waals surface area contributed by atoms with Crippen LogP contribution >= 0.6 is 0 Å². The average Bonchev–Trinajstić information content (AvgIpc) is 2.66. The molecule has 1 aromatic carbocycles. The van der Waals surface area contributed by atoms with Crippen molar-refractivity contribution in [3.05, 3.63) is 47.0 Å². The van der Waals surface area contributed by atoms with Gasteiger partial charge in [-0.05, 0) is 59.0 Å². The van der Waals surface area contributed by atoms with Gasteiger partial charge in [0, 0.05) is 24.3 Å². The second-order valence-corrected chi connectivity index (χ2v) is 6.52. The highest BCUT2D eigenvalue weighted by atomic mass is 19.1. The lowest BCUT2D eigenvalue weighted by atomic mass is 10.1. The lowest BCUT2D eigenvalue weighted by molar-refractivity contribution is 0.0423. The SMILES string of the molecule is Cc1nn(-c2ccc(F)cc2)c(C)c1CN(C)CC(C)(C)O. The van der Waals surface area contributed by atoms with Crippen LogP contribution in [-0.4, -0.2) is 39.0 Å². The van der Waals surface area contributed by atoms with Crippen molar-refractivity contribution in [1.82, 2.24) is 14.7 Å². The van der Waals surface area contributed by atoms with E-state index in [-0.39, 0.29) is 5.82 Å². The van der Waals surface area contributed by atoms with E-state index < -0.39 is 5.60 Å². The molecular formula is C17H24FN3O. The Balaban J connectivity index is 2.26. The number of benzene rings is 1. The maximum atomic E-state index is 13.1. The van der Waals surface area contributed by atoms with Gasteiger partial charge >= 0.3 is 0 Å². The maximum absolute atomic E-state index is 13.1. The molecule has 2 aromatic rings. The summed E-state index contributed by atoms with van der Waals surface area (Å²) in [6.07, 6.45) is 0. The fraction of sp³-hybridized carbons (Fsp3) is 0.471. The van der Waals surface area contributed by atoms with Gasteiger partial charge < -0.3 is 5.11 Å². The highest BCUT2D eigenvalue weighted by Crippen LogP contribution is 2.20. The summed E-state index contributed by atoms with van der Waals surface area (Å²) >= 11 is 0. The number of hydrogen-bond acceptors (Lipinski definition) is 3. The lowest BCUT2D eigenvalue weighted by Gasteiger charge is -2.25. The molecule has 1 aromatic heterocycles. The van der Waals surface area contributed by atoms with E-state index in [1.165, 1.54) is 12.1 Å². The number of likely N-dealkylation sites (N-methyl/N-ethyl adjacent to an activating group) is 1. The Morgan fingerprint density at radius 2 is 1.82 bits per heavy atom. The molecule has 0 bridgehead atoms. The third kappa shape index (κ3) is 3.93. The number of nitrogens with zero attached hydrogens (tertiary/aromatic N) is 3. The Morgan fingerprint density at radius 3 is 2.36 bits per heavy atom. The number of aromatic nitrogens is 2. The second-order valence-electron chi connectivity index (χ2n) is 6.52. The molecule has 0 atom stereocenters. The standard InChI is InChI=1S/C17H24FN3O/c1-12-16(10-20(5)11-17(3,4)22)13(2)21(19-12)15-8-6-14(18)7-9-15/h6-9,22H,10-11H2,1-5H3. The predicted molar refractivity (Wildman–Crippen MR) is 85.6 cm³/mol. The van der Waals surface area contributed by atoms with E-state index >= 15 is 0 Å². The van der Waals surface area contributed by atoms with Crippen molar-refractivity contribution in [1.29, 1.82) is 0 Å². The van der Waals surface area contributed by atoms with E-state index in [0.29, 0.717) is 13.1 Å². The van der Waals surface area contributed by atoms with E-state index in [9.17, 15) is 9.50 Å². The Kier molecular flexibility index (Phi) is 4.68. The first-order valence-electron chi connectivity index (χ1n) is 7.39. The van der Waals surface area contributed by atoms with Crippen LogP contribution < -0.4 is 0 Å². The highest BCUT2D eigenvalue weighted by Gasteiger charge is 2.19. The van der Waals surface area contributed by atoms with Crippen LogP contribution in [0.5, 0.6) is 0 Å². The molecule has 1 N–H and O–H groups in total. The van der Waals surface area contributed by atoms with E-state index in [4.69, 9.17) is 0 Å². The zero-order valence-electron chi connectivity index (χ0n) is 13.9. The molecule has 0 saturated heterocycles. The molecule has 0 saturated carbocycles. The maximum Gasteiger partial charge on any atom is 0.123 e. The smallest absolute Gasteiger partial charge is 0.123 e. The van der Waals surface area contributed by atoms with Gasteiger partial charge in [0.25, 0.3) is 0 Å². The van der Waals surface area contributed by atoms with Crippen LogP contribution in [0.1, 0.15) is 30.8 Å². The molecule has 0 aliphatic carbocycles. The molecule has 22 heavy (non-hydrogen) atoms. The van der Waals surface area contributed by atoms with Crippen molar-refractivity contribution in [2.24, 2.45) is 0 Å². The zero-order chi connectivity index (χ0) is 16.5. The van der Waals surface area contributed by atoms with Gasteiger partial charge in [0.2, 0.25) is 0 Å². The molecular weight excluding hydrogens is 281 g/mol. The predicted octanol–water partition coefficient (Wildman–Crippen LogP) is 2.83. The average molecular weight is 305 g/mol. The van der Waals surface area contributed by atoms with Crippen molar-refractivity contribution >= 4 is 0 Å². The fourth-order valence-electron chi connectivity index (χ4n) is 2.72. The minimum atomic E-state index is -0.733. The van der Waals surface area contributed by atoms with Gasteiger partial charge in [0.15, 0.2) is 0 Å². The van der Waals surface area contributed by atoms with E-state index in [1.807, 2.05) is 25.6 Å². The molecule has 2 rings (SSSR count). The summed E-state index contributed by atoms with van der Waals surface area (Å²) in [6, 6.07) is 6.32. The highest BCUT2D eigenvalue weighted by molar-refractivity contribution is 5.37. The minimum Gasteiger partial charge on any atom is -0.389 e. The Labute approximate surface area is 131 Å². The van der Waals surface area contributed by atoms with Gasteiger partial charge in [-0.15, -0.1) is 0 Å². The lowest BCUT2D eigenvalue weighted by Crippen LogP contribution is -2.36. The van der Waals surface area contributed by atoms with Crippen molar-refractivity contribution in [2.75, 3.05) is 13.6 Å². The molecule has 5 heteroatoms. The Hall–Kier alpha value is -1.72. The number of hydrogen-bond donors (Lipinski definition) is 1. The topological polar surface area (TPSA) is 41.3 Å². The van der Waals surface area contributed by atoms with E-state index in [0.717, 1.165) is 22.6 Å². The number of rotatable bonds is 5. The van der Waals surface area contributed by atoms with Gasteiger partial charge in [0.05, 0.1) is 17.0 Å². The molecule has 0 fully saturated rings. The summed E-state index contributed by atoms with van der Waals surface area (Å²) in [5.41, 5.74) is 3.23. The first kappa shape index (κ1) is 16.6. The second kappa shape index (κ2) is 6.18. The molecule has 0 radical (unpaired) electrons. The molecule has 0 unspecified atom stereocenters. The van der Waals surface area contributed by atoms with Crippen LogP contribution in [0.15, 0.2) is 24.3 Å². The summed E-state index contributed by atoms with van der Waals surface area (Å²) in [7, 11) is 1.98. The largest absolute Gasteiger partial charge is 0.389 e. The van der Waals surface area contributed by atoms with Crippen LogP contribution in [0.2, 0.25) is 0 Å². The third-order valence-corrected chi connectivity index (χ3v) is 3.60. The van der Waals surface area contributed by atoms with Crippen molar-refractivity contribution in [3.8, 4) is 5.69 Å². The van der Waals surface area contributed by atoms with Crippen LogP contribution in [0.25, 0.3) is 5.69 Å². The van der Waals surface area contributed by atoms with Gasteiger partial charge in [-0.1, -0.05) is 0 Å². The van der Waals surface area contributed by atoms with Crippen molar-refractivity contribution in [3.63, 3.8) is 0 Å². The van der Waals surface area contributed by atoms with Gasteiger partial charge in [-0.2, -0.15) is 5.10 Å². The summed E-state index contributed by atoms with van der Waals surface area (Å²) < 4.78 is 14.9. The van der Waals surface area contributed by atoms with Gasteiger partial charge in [-0.25, -0.2) is 9.07 Å². The number of halogens is 1. The summed E-state index contributed by atoms with van der Waals surface area (Å²) in [6.45, 7) is 8.86. The van der Waals surface area contributed by atoms with Crippen molar-refractivity contribution < 1.29 is 9.50 Å². The fourth-order valence-corrected chi connectivity index (χ4v) is 2.72. The molecule has 0 aliphatic rings. The number of aliphatic hydroxyl groups is 1. The molecule has 0 aliphatic heterocycles. The zero-order valence-corrected chi connectivity index (χ0v) is 13.9. The quantitative estimate of drug-likeness (QED) is 0.923. The molecule has 0 amide bonds. The van der Waals surface area contributed by atoms with E-state index in [2.05, 4.69) is 10.00 Å². The normalized spacial score (nSPS) is 12.2. The first-order valence-corrected chi connectivity index (χ1v) is 7.39. The molecule has 1 heterocycles.